The standard InChI is InChI=1S/C9H17NO2/c1-3-8(11)9-7-10(4-2)5-6-12-9/h9H,3-7H2,1-2H3. The normalized spacial score (nSPS) is 25.7. The average molecular weight is 171 g/mol. The minimum atomic E-state index is -0.163. The molecular formula is C9H17NO2. The third-order valence-electron chi connectivity index (χ3n) is 2.31. The number of carbonyl (C=O) groups is 1. The molecule has 0 spiro atoms. The monoisotopic (exact) mass is 171 g/mol. The van der Waals surface area contributed by atoms with E-state index in [0.717, 1.165) is 19.6 Å². The van der Waals surface area contributed by atoms with Gasteiger partial charge in [0, 0.05) is 19.5 Å². The van der Waals surface area contributed by atoms with Gasteiger partial charge in [0.15, 0.2) is 5.78 Å². The Kier molecular flexibility index (Phi) is 3.69. The van der Waals surface area contributed by atoms with E-state index in [4.69, 9.17) is 4.74 Å². The molecule has 0 N–H and O–H groups in total. The Balaban J connectivity index is 2.40. The number of morpholine rings is 1. The lowest BCUT2D eigenvalue weighted by atomic mass is 10.1. The van der Waals surface area contributed by atoms with Gasteiger partial charge in [0.2, 0.25) is 0 Å². The number of Topliss-reactive ketones (excluding diaryl/α,β-unsaturated/α-hetero) is 1. The van der Waals surface area contributed by atoms with Gasteiger partial charge in [-0.25, -0.2) is 0 Å². The van der Waals surface area contributed by atoms with Crippen molar-refractivity contribution in [3.05, 3.63) is 0 Å². The zero-order valence-corrected chi connectivity index (χ0v) is 7.88. The summed E-state index contributed by atoms with van der Waals surface area (Å²) < 4.78 is 5.37. The molecule has 1 fully saturated rings. The van der Waals surface area contributed by atoms with E-state index in [2.05, 4.69) is 11.8 Å². The van der Waals surface area contributed by atoms with Crippen LogP contribution in [0.5, 0.6) is 0 Å². The molecular weight excluding hydrogens is 154 g/mol. The third kappa shape index (κ3) is 2.29. The van der Waals surface area contributed by atoms with Crippen LogP contribution in [0.15, 0.2) is 0 Å². The summed E-state index contributed by atoms with van der Waals surface area (Å²) in [5.74, 6) is 0.230. The van der Waals surface area contributed by atoms with Crippen LogP contribution in [0.3, 0.4) is 0 Å². The van der Waals surface area contributed by atoms with E-state index in [1.165, 1.54) is 0 Å². The fourth-order valence-electron chi connectivity index (χ4n) is 1.41. The van der Waals surface area contributed by atoms with Gasteiger partial charge in [-0.2, -0.15) is 0 Å². The Hall–Kier alpha value is -0.410. The molecule has 1 atom stereocenters. The van der Waals surface area contributed by atoms with Gasteiger partial charge in [-0.3, -0.25) is 9.69 Å². The Labute approximate surface area is 73.7 Å². The van der Waals surface area contributed by atoms with E-state index in [0.29, 0.717) is 13.0 Å². The number of nitrogens with zero attached hydrogens (tertiary/aromatic N) is 1. The second-order valence-corrected chi connectivity index (χ2v) is 3.07. The van der Waals surface area contributed by atoms with Gasteiger partial charge in [-0.1, -0.05) is 13.8 Å². The molecule has 0 aliphatic carbocycles. The minimum absolute atomic E-state index is 0.163. The van der Waals surface area contributed by atoms with Crippen LogP contribution in [-0.4, -0.2) is 43.0 Å². The van der Waals surface area contributed by atoms with Crippen molar-refractivity contribution in [3.8, 4) is 0 Å². The second-order valence-electron chi connectivity index (χ2n) is 3.07. The molecule has 1 rings (SSSR count). The maximum Gasteiger partial charge on any atom is 0.162 e. The van der Waals surface area contributed by atoms with Crippen molar-refractivity contribution < 1.29 is 9.53 Å². The molecule has 0 aromatic heterocycles. The molecule has 0 saturated carbocycles. The molecule has 0 bridgehead atoms. The number of carbonyl (C=O) groups excluding carboxylic acids is 1. The summed E-state index contributed by atoms with van der Waals surface area (Å²) in [4.78, 5) is 13.5. The van der Waals surface area contributed by atoms with Gasteiger partial charge in [-0.05, 0) is 6.54 Å². The minimum Gasteiger partial charge on any atom is -0.368 e. The van der Waals surface area contributed by atoms with Crippen molar-refractivity contribution in [3.63, 3.8) is 0 Å². The number of rotatable bonds is 3. The fourth-order valence-corrected chi connectivity index (χ4v) is 1.41. The van der Waals surface area contributed by atoms with Crippen LogP contribution in [-0.2, 0) is 9.53 Å². The third-order valence-corrected chi connectivity index (χ3v) is 2.31. The summed E-state index contributed by atoms with van der Waals surface area (Å²) in [6.07, 6.45) is 0.422. The molecule has 0 aromatic rings. The topological polar surface area (TPSA) is 29.5 Å². The summed E-state index contributed by atoms with van der Waals surface area (Å²) in [7, 11) is 0. The Morgan fingerprint density at radius 3 is 2.92 bits per heavy atom. The van der Waals surface area contributed by atoms with Gasteiger partial charge >= 0.3 is 0 Å². The maximum atomic E-state index is 11.3. The van der Waals surface area contributed by atoms with Crippen LogP contribution in [0.25, 0.3) is 0 Å². The van der Waals surface area contributed by atoms with Gasteiger partial charge < -0.3 is 4.74 Å². The summed E-state index contributed by atoms with van der Waals surface area (Å²) in [5, 5.41) is 0. The van der Waals surface area contributed by atoms with Crippen molar-refractivity contribution in [1.82, 2.24) is 4.90 Å². The lowest BCUT2D eigenvalue weighted by Gasteiger charge is -2.30. The van der Waals surface area contributed by atoms with E-state index in [9.17, 15) is 4.79 Å². The highest BCUT2D eigenvalue weighted by Crippen LogP contribution is 2.06. The first kappa shape index (κ1) is 9.68. The molecule has 3 nitrogen and oxygen atoms in total. The van der Waals surface area contributed by atoms with Crippen molar-refractivity contribution >= 4 is 5.78 Å². The van der Waals surface area contributed by atoms with Crippen LogP contribution in [0.1, 0.15) is 20.3 Å². The molecule has 1 aliphatic rings. The predicted octanol–water partition coefficient (Wildman–Crippen LogP) is 0.686. The molecule has 1 aliphatic heterocycles. The van der Waals surface area contributed by atoms with Crippen LogP contribution >= 0.6 is 0 Å². The highest BCUT2D eigenvalue weighted by atomic mass is 16.5. The summed E-state index contributed by atoms with van der Waals surface area (Å²) in [6, 6.07) is 0. The number of hydrogen-bond acceptors (Lipinski definition) is 3. The number of ether oxygens (including phenoxy) is 1. The number of likely N-dealkylation sites (N-methyl/N-ethyl adjacent to an activating group) is 1. The van der Waals surface area contributed by atoms with E-state index in [1.807, 2.05) is 6.92 Å². The van der Waals surface area contributed by atoms with Crippen molar-refractivity contribution in [2.75, 3.05) is 26.2 Å². The van der Waals surface area contributed by atoms with Gasteiger partial charge in [-0.15, -0.1) is 0 Å². The van der Waals surface area contributed by atoms with Crippen LogP contribution < -0.4 is 0 Å². The Bertz CT molecular complexity index is 159. The summed E-state index contributed by atoms with van der Waals surface area (Å²) >= 11 is 0. The average Bonchev–Trinajstić information content (AvgIpc) is 2.17. The smallest absolute Gasteiger partial charge is 0.162 e. The SMILES string of the molecule is CCC(=O)C1CN(CC)CCO1. The van der Waals surface area contributed by atoms with Crippen molar-refractivity contribution in [2.24, 2.45) is 0 Å². The second kappa shape index (κ2) is 4.58. The number of hydrogen-bond donors (Lipinski definition) is 0. The van der Waals surface area contributed by atoms with Crippen molar-refractivity contribution in [2.45, 2.75) is 26.4 Å². The molecule has 0 aromatic carbocycles. The van der Waals surface area contributed by atoms with Crippen molar-refractivity contribution in [1.29, 1.82) is 0 Å². The van der Waals surface area contributed by atoms with Crippen LogP contribution in [0, 0.1) is 0 Å². The maximum absolute atomic E-state index is 11.3. The van der Waals surface area contributed by atoms with E-state index in [1.54, 1.807) is 0 Å². The molecule has 1 heterocycles. The van der Waals surface area contributed by atoms with Gasteiger partial charge in [0.1, 0.15) is 6.10 Å². The highest BCUT2D eigenvalue weighted by Gasteiger charge is 2.23. The van der Waals surface area contributed by atoms with Crippen LogP contribution in [0.2, 0.25) is 0 Å². The molecule has 70 valence electrons. The first-order valence-electron chi connectivity index (χ1n) is 4.64. The number of ketones is 1. The first-order valence-corrected chi connectivity index (χ1v) is 4.64. The summed E-state index contributed by atoms with van der Waals surface area (Å²) in [6.45, 7) is 7.45. The Morgan fingerprint density at radius 2 is 2.33 bits per heavy atom. The zero-order valence-electron chi connectivity index (χ0n) is 7.88. The molecule has 0 amide bonds. The fraction of sp³-hybridized carbons (Fsp3) is 0.889. The van der Waals surface area contributed by atoms with E-state index >= 15 is 0 Å². The highest BCUT2D eigenvalue weighted by molar-refractivity contribution is 5.83. The Morgan fingerprint density at radius 1 is 1.58 bits per heavy atom. The lowest BCUT2D eigenvalue weighted by Crippen LogP contribution is -2.45. The van der Waals surface area contributed by atoms with Crippen LogP contribution in [0.4, 0.5) is 0 Å². The predicted molar refractivity (Wildman–Crippen MR) is 47.2 cm³/mol. The molecule has 12 heavy (non-hydrogen) atoms. The van der Waals surface area contributed by atoms with Gasteiger partial charge in [0.25, 0.3) is 0 Å². The first-order chi connectivity index (χ1) is 5.77. The molecule has 1 saturated heterocycles. The van der Waals surface area contributed by atoms with E-state index < -0.39 is 0 Å². The largest absolute Gasteiger partial charge is 0.368 e. The lowest BCUT2D eigenvalue weighted by molar-refractivity contribution is -0.135. The molecule has 3 heteroatoms. The zero-order chi connectivity index (χ0) is 8.97. The van der Waals surface area contributed by atoms with Gasteiger partial charge in [0.05, 0.1) is 6.61 Å². The summed E-state index contributed by atoms with van der Waals surface area (Å²) in [5.41, 5.74) is 0. The van der Waals surface area contributed by atoms with E-state index in [-0.39, 0.29) is 11.9 Å². The quantitative estimate of drug-likeness (QED) is 0.625. The molecule has 0 radical (unpaired) electrons. The molecule has 1 unspecified atom stereocenters.